The van der Waals surface area contributed by atoms with E-state index in [0.29, 0.717) is 16.9 Å². The van der Waals surface area contributed by atoms with Crippen LogP contribution in [0.5, 0.6) is 0 Å². The Hall–Kier alpha value is -2.05. The summed E-state index contributed by atoms with van der Waals surface area (Å²) in [5.41, 5.74) is 4.14. The Morgan fingerprint density at radius 1 is 1.10 bits per heavy atom. The molecular weight excluding hydrogens is 278 g/mol. The van der Waals surface area contributed by atoms with E-state index in [9.17, 15) is 4.79 Å². The smallest absolute Gasteiger partial charge is 0.173 e. The Morgan fingerprint density at radius 3 is 2.62 bits per heavy atom. The van der Waals surface area contributed by atoms with Crippen molar-refractivity contribution in [2.75, 3.05) is 5.75 Å². The second-order valence-corrected chi connectivity index (χ2v) is 6.23. The van der Waals surface area contributed by atoms with E-state index < -0.39 is 0 Å². The lowest BCUT2D eigenvalue weighted by Crippen LogP contribution is -2.02. The third-order valence-electron chi connectivity index (χ3n) is 3.78. The second-order valence-electron chi connectivity index (χ2n) is 5.19. The summed E-state index contributed by atoms with van der Waals surface area (Å²) in [4.78, 5) is 13.3. The summed E-state index contributed by atoms with van der Waals surface area (Å²) in [6, 6.07) is 15.4. The van der Waals surface area contributed by atoms with Crippen molar-refractivity contribution in [1.29, 1.82) is 5.26 Å². The highest BCUT2D eigenvalue weighted by atomic mass is 32.2. The van der Waals surface area contributed by atoms with Gasteiger partial charge in [-0.25, -0.2) is 0 Å². The summed E-state index contributed by atoms with van der Waals surface area (Å²) in [5, 5.41) is 8.76. The Bertz CT molecular complexity index is 713. The minimum absolute atomic E-state index is 0.102. The van der Waals surface area contributed by atoms with Gasteiger partial charge in [0.1, 0.15) is 0 Å². The fraction of sp³-hybridized carbons (Fsp3) is 0.222. The monoisotopic (exact) mass is 293 g/mol. The molecule has 2 aromatic rings. The van der Waals surface area contributed by atoms with E-state index in [1.807, 2.05) is 0 Å². The molecule has 0 aliphatic heterocycles. The predicted molar refractivity (Wildman–Crippen MR) is 84.7 cm³/mol. The molecule has 21 heavy (non-hydrogen) atoms. The molecule has 0 radical (unpaired) electrons. The molecule has 0 atom stereocenters. The van der Waals surface area contributed by atoms with Crippen LogP contribution in [-0.4, -0.2) is 11.5 Å². The van der Waals surface area contributed by atoms with Crippen LogP contribution >= 0.6 is 11.8 Å². The van der Waals surface area contributed by atoms with Gasteiger partial charge in [0.25, 0.3) is 0 Å². The van der Waals surface area contributed by atoms with Crippen LogP contribution in [0.2, 0.25) is 0 Å². The molecule has 0 amide bonds. The van der Waals surface area contributed by atoms with Crippen molar-refractivity contribution >= 4 is 17.5 Å². The number of carbonyl (C=O) groups is 1. The van der Waals surface area contributed by atoms with Gasteiger partial charge in [-0.1, -0.05) is 18.2 Å². The SMILES string of the molecule is N#Cc1ccc(C(=O)CSc2ccc3c(c2)CCC3)cc1. The molecule has 3 rings (SSSR count). The summed E-state index contributed by atoms with van der Waals surface area (Å²) < 4.78 is 0. The summed E-state index contributed by atoms with van der Waals surface area (Å²) in [6.45, 7) is 0. The number of carbonyl (C=O) groups excluding carboxylic acids is 1. The fourth-order valence-electron chi connectivity index (χ4n) is 2.60. The number of hydrogen-bond donors (Lipinski definition) is 0. The lowest BCUT2D eigenvalue weighted by molar-refractivity contribution is 0.102. The van der Waals surface area contributed by atoms with Gasteiger partial charge in [0.05, 0.1) is 17.4 Å². The van der Waals surface area contributed by atoms with Crippen molar-refractivity contribution in [2.45, 2.75) is 24.2 Å². The van der Waals surface area contributed by atoms with Gasteiger partial charge in [-0.2, -0.15) is 5.26 Å². The molecule has 3 heteroatoms. The maximum Gasteiger partial charge on any atom is 0.173 e. The number of fused-ring (bicyclic) bond motifs is 1. The van der Waals surface area contributed by atoms with Gasteiger partial charge in [0, 0.05) is 10.5 Å². The number of nitriles is 1. The highest BCUT2D eigenvalue weighted by molar-refractivity contribution is 8.00. The molecule has 0 fully saturated rings. The molecule has 0 unspecified atom stereocenters. The van der Waals surface area contributed by atoms with Gasteiger partial charge < -0.3 is 0 Å². The number of aryl methyl sites for hydroxylation is 2. The molecule has 0 aromatic heterocycles. The van der Waals surface area contributed by atoms with Crippen LogP contribution in [0.3, 0.4) is 0 Å². The normalized spacial score (nSPS) is 12.7. The van der Waals surface area contributed by atoms with E-state index in [-0.39, 0.29) is 5.78 Å². The average molecular weight is 293 g/mol. The van der Waals surface area contributed by atoms with Crippen molar-refractivity contribution in [3.8, 4) is 6.07 Å². The number of nitrogens with zero attached hydrogens (tertiary/aromatic N) is 1. The molecule has 1 aliphatic carbocycles. The van der Waals surface area contributed by atoms with E-state index >= 15 is 0 Å². The molecule has 0 heterocycles. The van der Waals surface area contributed by atoms with Crippen LogP contribution in [-0.2, 0) is 12.8 Å². The number of ketones is 1. The highest BCUT2D eigenvalue weighted by Gasteiger charge is 2.12. The lowest BCUT2D eigenvalue weighted by Gasteiger charge is -2.05. The zero-order valence-corrected chi connectivity index (χ0v) is 12.5. The maximum atomic E-state index is 12.1. The minimum Gasteiger partial charge on any atom is -0.293 e. The Balaban J connectivity index is 1.64. The largest absolute Gasteiger partial charge is 0.293 e. The molecule has 2 nitrogen and oxygen atoms in total. The first-order valence-electron chi connectivity index (χ1n) is 7.04. The van der Waals surface area contributed by atoms with E-state index in [2.05, 4.69) is 24.3 Å². The molecule has 0 bridgehead atoms. The first-order chi connectivity index (χ1) is 10.3. The van der Waals surface area contributed by atoms with Crippen LogP contribution in [0.25, 0.3) is 0 Å². The van der Waals surface area contributed by atoms with E-state index in [0.717, 1.165) is 11.3 Å². The van der Waals surface area contributed by atoms with E-state index in [1.54, 1.807) is 36.0 Å². The summed E-state index contributed by atoms with van der Waals surface area (Å²) >= 11 is 1.58. The van der Waals surface area contributed by atoms with Gasteiger partial charge in [0.2, 0.25) is 0 Å². The summed E-state index contributed by atoms with van der Waals surface area (Å²) in [5.74, 6) is 0.537. The van der Waals surface area contributed by atoms with Crippen molar-refractivity contribution in [3.05, 3.63) is 64.7 Å². The average Bonchev–Trinajstić information content (AvgIpc) is 3.00. The van der Waals surface area contributed by atoms with Crippen LogP contribution < -0.4 is 0 Å². The topological polar surface area (TPSA) is 40.9 Å². The van der Waals surface area contributed by atoms with Crippen molar-refractivity contribution < 1.29 is 4.79 Å². The van der Waals surface area contributed by atoms with Crippen molar-refractivity contribution in [1.82, 2.24) is 0 Å². The molecule has 1 aliphatic rings. The number of rotatable bonds is 4. The standard InChI is InChI=1S/C18H15NOS/c19-11-13-4-6-15(7-5-13)18(20)12-21-17-9-8-14-2-1-3-16(14)10-17/h4-10H,1-3,12H2. The Labute approximate surface area is 128 Å². The maximum absolute atomic E-state index is 12.1. The van der Waals surface area contributed by atoms with E-state index in [1.165, 1.54) is 24.0 Å². The quantitative estimate of drug-likeness (QED) is 0.631. The lowest BCUT2D eigenvalue weighted by atomic mass is 10.1. The van der Waals surface area contributed by atoms with Crippen LogP contribution in [0.4, 0.5) is 0 Å². The molecule has 0 spiro atoms. The first-order valence-corrected chi connectivity index (χ1v) is 8.03. The highest BCUT2D eigenvalue weighted by Crippen LogP contribution is 2.27. The number of Topliss-reactive ketones (excluding diaryl/α,β-unsaturated/α-hetero) is 1. The first kappa shape index (κ1) is 13.9. The second kappa shape index (κ2) is 6.15. The van der Waals surface area contributed by atoms with Gasteiger partial charge in [-0.15, -0.1) is 11.8 Å². The van der Waals surface area contributed by atoms with E-state index in [4.69, 9.17) is 5.26 Å². The predicted octanol–water partition coefficient (Wildman–Crippen LogP) is 4.02. The zero-order chi connectivity index (χ0) is 14.7. The third-order valence-corrected chi connectivity index (χ3v) is 4.77. The van der Waals surface area contributed by atoms with Gasteiger partial charge >= 0.3 is 0 Å². The van der Waals surface area contributed by atoms with Crippen molar-refractivity contribution in [3.63, 3.8) is 0 Å². The minimum atomic E-state index is 0.102. The number of hydrogen-bond acceptors (Lipinski definition) is 3. The zero-order valence-electron chi connectivity index (χ0n) is 11.6. The van der Waals surface area contributed by atoms with Crippen LogP contribution in [0.1, 0.15) is 33.5 Å². The Morgan fingerprint density at radius 2 is 1.86 bits per heavy atom. The molecular formula is C18H15NOS. The third kappa shape index (κ3) is 3.17. The molecule has 104 valence electrons. The van der Waals surface area contributed by atoms with Crippen molar-refractivity contribution in [2.24, 2.45) is 0 Å². The number of thioether (sulfide) groups is 1. The fourth-order valence-corrected chi connectivity index (χ4v) is 3.46. The number of benzene rings is 2. The summed E-state index contributed by atoms with van der Waals surface area (Å²) in [6.07, 6.45) is 3.59. The van der Waals surface area contributed by atoms with Gasteiger partial charge in [-0.3, -0.25) is 4.79 Å². The van der Waals surface area contributed by atoms with Crippen LogP contribution in [0.15, 0.2) is 47.4 Å². The van der Waals surface area contributed by atoms with Gasteiger partial charge in [0.15, 0.2) is 5.78 Å². The van der Waals surface area contributed by atoms with Gasteiger partial charge in [-0.05, 0) is 54.7 Å². The Kier molecular flexibility index (Phi) is 4.08. The molecule has 0 saturated carbocycles. The molecule has 0 saturated heterocycles. The molecule has 2 aromatic carbocycles. The van der Waals surface area contributed by atoms with Crippen LogP contribution in [0, 0.1) is 11.3 Å². The molecule has 0 N–H and O–H groups in total. The summed E-state index contributed by atoms with van der Waals surface area (Å²) in [7, 11) is 0.